The number of urea groups is 2. The number of carbonyl (C=O) groups is 15. The van der Waals surface area contributed by atoms with Crippen molar-refractivity contribution < 1.29 is 82.1 Å². The van der Waals surface area contributed by atoms with Crippen molar-refractivity contribution in [2.24, 2.45) is 51.6 Å². The number of nitrogens with two attached hydrogens (primary N) is 9. The molecule has 1 aliphatic rings. The number of rotatable bonds is 60. The highest BCUT2D eigenvalue weighted by Gasteiger charge is 2.42. The molecule has 17 amide bonds. The van der Waals surface area contributed by atoms with Crippen LogP contribution in [0.1, 0.15) is 132 Å². The molecule has 0 radical (unpaired) electrons. The number of primary amides is 3. The van der Waals surface area contributed by atoms with Crippen LogP contribution in [0.3, 0.4) is 0 Å². The fourth-order valence-corrected chi connectivity index (χ4v) is 14.7. The predicted octanol–water partition coefficient (Wildman–Crippen LogP) is -5.78. The van der Waals surface area contributed by atoms with E-state index in [0.717, 1.165) is 10.8 Å². The molecule has 0 aromatic heterocycles. The second kappa shape index (κ2) is 58.4. The monoisotopic (exact) mass is 1880 g/mol. The first kappa shape index (κ1) is 109. The molecule has 0 aliphatic carbocycles. The van der Waals surface area contributed by atoms with E-state index in [1.54, 1.807) is 6.07 Å². The minimum absolute atomic E-state index is 0.00146. The summed E-state index contributed by atoms with van der Waals surface area (Å²) in [5.74, 6) is -13.8. The van der Waals surface area contributed by atoms with Crippen molar-refractivity contribution in [1.29, 1.82) is 16.2 Å². The highest BCUT2D eigenvalue weighted by Crippen LogP contribution is 2.24. The van der Waals surface area contributed by atoms with Crippen LogP contribution in [-0.4, -0.2) is 264 Å². The minimum atomic E-state index is -1.59. The van der Waals surface area contributed by atoms with Gasteiger partial charge in [0.05, 0.1) is 6.04 Å². The van der Waals surface area contributed by atoms with Crippen molar-refractivity contribution >= 4 is 143 Å². The van der Waals surface area contributed by atoms with E-state index in [4.69, 9.17) is 67.8 Å². The Balaban J connectivity index is 1.44. The molecule has 1 fully saturated rings. The van der Waals surface area contributed by atoms with E-state index in [0.29, 0.717) is 36.0 Å². The molecule has 46 nitrogen and oxygen atoms in total. The number of likely N-dealkylation sites (tertiary alicyclic amines) is 1. The van der Waals surface area contributed by atoms with Crippen molar-refractivity contribution in [2.75, 3.05) is 63.9 Å². The molecule has 0 bridgehead atoms. The lowest BCUT2D eigenvalue weighted by Gasteiger charge is -2.31. The number of hydrogen-bond acceptors (Lipinski definition) is 25. The maximum atomic E-state index is 15.3. The fraction of sp³-hybridized carbons (Fsp3) is 0.524. The molecule has 132 heavy (non-hydrogen) atoms. The Hall–Kier alpha value is -13.2. The van der Waals surface area contributed by atoms with E-state index in [9.17, 15) is 53.4 Å². The van der Waals surface area contributed by atoms with Gasteiger partial charge in [-0.3, -0.25) is 78.6 Å². The van der Waals surface area contributed by atoms with Crippen molar-refractivity contribution in [3.05, 3.63) is 108 Å². The molecule has 0 unspecified atom stereocenters. The van der Waals surface area contributed by atoms with E-state index in [1.165, 1.54) is 53.4 Å². The number of unbranched alkanes of at least 4 members (excludes halogenated alkanes) is 2. The lowest BCUT2D eigenvalue weighted by atomic mass is 10.00. The van der Waals surface area contributed by atoms with Crippen LogP contribution in [0.2, 0.25) is 0 Å². The van der Waals surface area contributed by atoms with Crippen molar-refractivity contribution in [3.63, 3.8) is 0 Å². The van der Waals surface area contributed by atoms with E-state index in [-0.39, 0.29) is 203 Å². The van der Waals surface area contributed by atoms with Crippen LogP contribution in [0, 0.1) is 16.2 Å². The number of phenolic OH excluding ortho intramolecular Hbond substituents is 2. The molecule has 4 aromatic carbocycles. The third-order valence-electron chi connectivity index (χ3n) is 21.3. The van der Waals surface area contributed by atoms with Crippen LogP contribution in [0.5, 0.6) is 11.5 Å². The summed E-state index contributed by atoms with van der Waals surface area (Å²) in [6.07, 6.45) is 0.472. The number of phenols is 2. The molecule has 13 atom stereocenters. The van der Waals surface area contributed by atoms with E-state index >= 15 is 28.8 Å². The predicted molar refractivity (Wildman–Crippen MR) is 499 cm³/mol. The SMILES string of the molecule is N=C(N)NCCC[C@H](NC(=O)[C@H](CS)NC(=O)[C@H](CCCNC(N)=O)NC(=O)[C@H](CCCNC(=N)N)NC(=O)[C@H](Cc1ccc(O)cc1)NC(=O)[C@@H]1CCCN1C(=O)[C@@H](CCCCN)NC(=O)[C@H](CCCCN)NC(=O)[C@H](CCCNC(N)=O)NC(=O)[C@H](Cc1ccc(O)cc1)NC(=O)[C@H](CS)NC(=O)[C@H](Cc1ccc2ccccc2c1)NC(=O)[C@@H](N)CCCNC(=N)N)C(N)=O. The Morgan fingerprint density at radius 3 is 1.08 bits per heavy atom. The summed E-state index contributed by atoms with van der Waals surface area (Å²) in [6, 6.07) is 3.48. The lowest BCUT2D eigenvalue weighted by Crippen LogP contribution is -2.61. The first-order valence-corrected chi connectivity index (χ1v) is 44.9. The second-order valence-electron chi connectivity index (χ2n) is 31.7. The molecule has 726 valence electrons. The molecule has 4 aromatic rings. The van der Waals surface area contributed by atoms with Gasteiger partial charge in [0, 0.05) is 70.0 Å². The summed E-state index contributed by atoms with van der Waals surface area (Å²) < 4.78 is 0. The Kier molecular flexibility index (Phi) is 48.4. The van der Waals surface area contributed by atoms with Gasteiger partial charge in [-0.1, -0.05) is 66.7 Å². The number of aromatic hydroxyl groups is 2. The average Bonchev–Trinajstić information content (AvgIpc) is 1.59. The molecular formula is C84H131N29O17S2. The normalized spacial score (nSPS) is 14.9. The molecule has 0 spiro atoms. The fourth-order valence-electron chi connectivity index (χ4n) is 14.2. The quantitative estimate of drug-likeness (QED) is 0.00847. The number of hydrogen-bond donors (Lipinski definition) is 32. The molecule has 1 aliphatic heterocycles. The van der Waals surface area contributed by atoms with Gasteiger partial charge in [0.1, 0.15) is 84.0 Å². The summed E-state index contributed by atoms with van der Waals surface area (Å²) in [4.78, 5) is 214. The number of guanidine groups is 3. The van der Waals surface area contributed by atoms with Gasteiger partial charge >= 0.3 is 12.1 Å². The summed E-state index contributed by atoms with van der Waals surface area (Å²) >= 11 is 8.67. The summed E-state index contributed by atoms with van der Waals surface area (Å²) in [7, 11) is 0. The Morgan fingerprint density at radius 1 is 0.364 bits per heavy atom. The summed E-state index contributed by atoms with van der Waals surface area (Å²) in [6.45, 7) is 0.386. The van der Waals surface area contributed by atoms with Crippen molar-refractivity contribution in [1.82, 2.24) is 90.0 Å². The number of carbonyl (C=O) groups excluding carboxylic acids is 15. The van der Waals surface area contributed by atoms with Crippen molar-refractivity contribution in [2.45, 2.75) is 213 Å². The number of benzene rings is 4. The van der Waals surface area contributed by atoms with Crippen LogP contribution in [-0.2, 0) is 81.6 Å². The van der Waals surface area contributed by atoms with Gasteiger partial charge in [-0.15, -0.1) is 0 Å². The van der Waals surface area contributed by atoms with Crippen molar-refractivity contribution in [3.8, 4) is 11.5 Å². The van der Waals surface area contributed by atoms with Crippen LogP contribution < -0.4 is 137 Å². The van der Waals surface area contributed by atoms with Crippen LogP contribution >= 0.6 is 25.3 Å². The maximum Gasteiger partial charge on any atom is 0.312 e. The first-order chi connectivity index (χ1) is 62.9. The standard InChI is InChI=1S/C84H131N29O17S2/c85-33-5-3-16-56(103-69(118)58(20-10-38-100-83(95)129)105-73(122)61(42-47-24-29-52(114)30-25-47)109-77(126)65(46-132)112-75(124)63(108-68(117)54(87)15-7-35-97-80(89)90)44-49-23-28-50-13-1-2-14-51(50)41-49)71(120)107-60(17-4-6-34-86)79(128)113-40-12-22-66(113)78(127)110-62(43-48-26-31-53(115)32-27-48)74(123)106-57(19-9-37-99-82(93)94)70(119)104-59(21-11-39-101-84(96)130)72(121)111-64(45-131)76(125)102-55(67(88)116)18-8-36-98-81(91)92/h1-2,13-14,23-32,41,54-66,114-115,131-132H,3-12,15-22,33-40,42-46,85-87H2,(H2,88,116)(H,102,125)(H,103,118)(H,104,119)(H,105,122)(H,106,123)(H,107,120)(H,108,117)(H,109,126)(H,110,127)(H,111,121)(H,112,124)(H4,89,90,97)(H4,91,92,98)(H4,93,94,99)(H3,95,100,129)(H3,96,101,130)/t54-,55-,56-,57-,58-,59-,60+,61-,62-,63-,64-,65-,66-/m0/s1. The molecule has 39 N–H and O–H groups in total. The highest BCUT2D eigenvalue weighted by atomic mass is 32.1. The third-order valence-corrected chi connectivity index (χ3v) is 22.1. The zero-order valence-electron chi connectivity index (χ0n) is 73.6. The van der Waals surface area contributed by atoms with Crippen LogP contribution in [0.4, 0.5) is 9.59 Å². The van der Waals surface area contributed by atoms with Gasteiger partial charge in [0.2, 0.25) is 76.8 Å². The van der Waals surface area contributed by atoms with Crippen LogP contribution in [0.15, 0.2) is 91.0 Å². The van der Waals surface area contributed by atoms with Crippen LogP contribution in [0.25, 0.3) is 10.8 Å². The van der Waals surface area contributed by atoms with E-state index in [1.807, 2.05) is 36.4 Å². The maximum absolute atomic E-state index is 15.3. The zero-order valence-corrected chi connectivity index (χ0v) is 75.4. The minimum Gasteiger partial charge on any atom is -0.508 e. The Bertz CT molecular complexity index is 4540. The number of amides is 17. The largest absolute Gasteiger partial charge is 0.508 e. The molecule has 0 saturated carbocycles. The van der Waals surface area contributed by atoms with Gasteiger partial charge in [-0.2, -0.15) is 25.3 Å². The van der Waals surface area contributed by atoms with Gasteiger partial charge in [0.15, 0.2) is 17.9 Å². The second-order valence-corrected chi connectivity index (χ2v) is 32.5. The number of nitrogens with one attached hydrogen (secondary N) is 19. The number of nitrogens with zero attached hydrogens (tertiary/aromatic N) is 1. The lowest BCUT2D eigenvalue weighted by molar-refractivity contribution is -0.142. The molecule has 48 heteroatoms. The topological polar surface area (TPSA) is 798 Å². The van der Waals surface area contributed by atoms with Gasteiger partial charge in [-0.25, -0.2) is 9.59 Å². The highest BCUT2D eigenvalue weighted by molar-refractivity contribution is 7.80. The smallest absolute Gasteiger partial charge is 0.312 e. The summed E-state index contributed by atoms with van der Waals surface area (Å²) in [5.41, 5.74) is 52.2. The Morgan fingerprint density at radius 2 is 0.682 bits per heavy atom. The third kappa shape index (κ3) is 40.0. The average molecular weight is 1880 g/mol. The van der Waals surface area contributed by atoms with Gasteiger partial charge < -0.3 is 152 Å². The molecule has 1 saturated heterocycles. The zero-order chi connectivity index (χ0) is 97.4. The number of thiol groups is 2. The Labute approximate surface area is 775 Å². The molecule has 5 rings (SSSR count). The number of fused-ring (bicyclic) bond motifs is 1. The molecular weight excluding hydrogens is 1750 g/mol. The summed E-state index contributed by atoms with van der Waals surface area (Å²) in [5, 5.41) is 86.8. The van der Waals surface area contributed by atoms with E-state index in [2.05, 4.69) is 110 Å². The van der Waals surface area contributed by atoms with E-state index < -0.39 is 173 Å². The van der Waals surface area contributed by atoms with Gasteiger partial charge in [-0.05, 0) is 180 Å². The van der Waals surface area contributed by atoms with Gasteiger partial charge in [0.25, 0.3) is 0 Å². The molecule has 1 heterocycles. The first-order valence-electron chi connectivity index (χ1n) is 43.6.